The Bertz CT molecular complexity index is 246. The van der Waals surface area contributed by atoms with E-state index in [1.54, 1.807) is 4.90 Å². The van der Waals surface area contributed by atoms with E-state index >= 15 is 0 Å². The van der Waals surface area contributed by atoms with Gasteiger partial charge >= 0.3 is 11.8 Å². The zero-order valence-electron chi connectivity index (χ0n) is 10.1. The molecule has 2 amide bonds. The molecule has 0 atom stereocenters. The summed E-state index contributed by atoms with van der Waals surface area (Å²) in [4.78, 5) is 24.9. The predicted molar refractivity (Wildman–Crippen MR) is 61.9 cm³/mol. The third-order valence-electron chi connectivity index (χ3n) is 2.49. The topological polar surface area (TPSA) is 61.4 Å². The van der Waals surface area contributed by atoms with Crippen molar-refractivity contribution in [2.24, 2.45) is 5.92 Å². The van der Waals surface area contributed by atoms with Gasteiger partial charge in [-0.05, 0) is 18.9 Å². The Morgan fingerprint density at radius 1 is 1.31 bits per heavy atom. The van der Waals surface area contributed by atoms with Gasteiger partial charge in [-0.25, -0.2) is 0 Å². The number of amides is 2. The van der Waals surface area contributed by atoms with Crippen LogP contribution < -0.4 is 10.6 Å². The summed E-state index contributed by atoms with van der Waals surface area (Å²) in [5.74, 6) is -0.512. The summed E-state index contributed by atoms with van der Waals surface area (Å²) in [6.45, 7) is 7.52. The van der Waals surface area contributed by atoms with E-state index in [1.165, 1.54) is 0 Å². The average molecular weight is 227 g/mol. The van der Waals surface area contributed by atoms with Crippen LogP contribution >= 0.6 is 0 Å². The van der Waals surface area contributed by atoms with Crippen LogP contribution in [0.25, 0.3) is 0 Å². The van der Waals surface area contributed by atoms with Gasteiger partial charge in [0.25, 0.3) is 0 Å². The third kappa shape index (κ3) is 4.18. The van der Waals surface area contributed by atoms with Crippen LogP contribution in [0.4, 0.5) is 0 Å². The van der Waals surface area contributed by atoms with Crippen molar-refractivity contribution in [1.29, 1.82) is 0 Å². The molecular weight excluding hydrogens is 206 g/mol. The number of hydrogen-bond acceptors (Lipinski definition) is 3. The van der Waals surface area contributed by atoms with Crippen LogP contribution in [0.15, 0.2) is 0 Å². The lowest BCUT2D eigenvalue weighted by molar-refractivity contribution is -0.145. The minimum atomic E-state index is -0.476. The second-order valence-electron chi connectivity index (χ2n) is 4.50. The van der Waals surface area contributed by atoms with E-state index in [1.807, 2.05) is 13.8 Å². The Morgan fingerprint density at radius 3 is 2.75 bits per heavy atom. The highest BCUT2D eigenvalue weighted by atomic mass is 16.2. The van der Waals surface area contributed by atoms with Crippen LogP contribution in [0.2, 0.25) is 0 Å². The van der Waals surface area contributed by atoms with Crippen molar-refractivity contribution in [3.8, 4) is 0 Å². The number of rotatable bonds is 2. The van der Waals surface area contributed by atoms with Gasteiger partial charge < -0.3 is 15.5 Å². The highest BCUT2D eigenvalue weighted by molar-refractivity contribution is 6.35. The molecule has 0 radical (unpaired) electrons. The van der Waals surface area contributed by atoms with Gasteiger partial charge in [0.2, 0.25) is 0 Å². The SMILES string of the molecule is CC(C)CNC(=O)C(=O)N1CCCNCC1. The molecule has 0 aliphatic carbocycles. The molecule has 1 saturated heterocycles. The van der Waals surface area contributed by atoms with Crippen molar-refractivity contribution in [1.82, 2.24) is 15.5 Å². The van der Waals surface area contributed by atoms with Crippen LogP contribution in [0.5, 0.6) is 0 Å². The van der Waals surface area contributed by atoms with E-state index in [-0.39, 0.29) is 0 Å². The molecule has 1 aliphatic rings. The first kappa shape index (κ1) is 13.0. The summed E-state index contributed by atoms with van der Waals surface area (Å²) in [6.07, 6.45) is 0.906. The van der Waals surface area contributed by atoms with E-state index in [9.17, 15) is 9.59 Å². The summed E-state index contributed by atoms with van der Waals surface area (Å²) in [5.41, 5.74) is 0. The maximum absolute atomic E-state index is 11.7. The first-order valence-electron chi connectivity index (χ1n) is 5.89. The largest absolute Gasteiger partial charge is 0.348 e. The zero-order valence-corrected chi connectivity index (χ0v) is 10.1. The fourth-order valence-corrected chi connectivity index (χ4v) is 1.56. The van der Waals surface area contributed by atoms with E-state index in [2.05, 4.69) is 10.6 Å². The molecule has 0 aromatic heterocycles. The van der Waals surface area contributed by atoms with E-state index < -0.39 is 11.8 Å². The maximum atomic E-state index is 11.7. The Balaban J connectivity index is 2.39. The predicted octanol–water partition coefficient (Wildman–Crippen LogP) is -0.419. The van der Waals surface area contributed by atoms with Gasteiger partial charge in [-0.2, -0.15) is 0 Å². The van der Waals surface area contributed by atoms with Crippen LogP contribution in [-0.2, 0) is 9.59 Å². The quantitative estimate of drug-likeness (QED) is 0.630. The molecule has 5 nitrogen and oxygen atoms in total. The lowest BCUT2D eigenvalue weighted by Gasteiger charge is -2.19. The Hall–Kier alpha value is -1.10. The lowest BCUT2D eigenvalue weighted by atomic mass is 10.2. The van der Waals surface area contributed by atoms with Crippen molar-refractivity contribution in [3.05, 3.63) is 0 Å². The molecule has 5 heteroatoms. The monoisotopic (exact) mass is 227 g/mol. The van der Waals surface area contributed by atoms with Gasteiger partial charge in [-0.15, -0.1) is 0 Å². The minimum Gasteiger partial charge on any atom is -0.348 e. The van der Waals surface area contributed by atoms with Gasteiger partial charge in [0, 0.05) is 26.2 Å². The summed E-state index contributed by atoms with van der Waals surface area (Å²) in [5, 5.41) is 5.84. The Labute approximate surface area is 96.6 Å². The van der Waals surface area contributed by atoms with Gasteiger partial charge in [-0.1, -0.05) is 13.8 Å². The van der Waals surface area contributed by atoms with Crippen molar-refractivity contribution in [2.75, 3.05) is 32.7 Å². The third-order valence-corrected chi connectivity index (χ3v) is 2.49. The lowest BCUT2D eigenvalue weighted by Crippen LogP contribution is -2.45. The smallest absolute Gasteiger partial charge is 0.311 e. The van der Waals surface area contributed by atoms with Crippen LogP contribution in [-0.4, -0.2) is 49.4 Å². The molecular formula is C11H21N3O2. The van der Waals surface area contributed by atoms with Gasteiger partial charge in [0.1, 0.15) is 0 Å². The van der Waals surface area contributed by atoms with E-state index in [0.717, 1.165) is 19.5 Å². The van der Waals surface area contributed by atoms with Crippen LogP contribution in [0.3, 0.4) is 0 Å². The molecule has 0 spiro atoms. The molecule has 0 unspecified atom stereocenters. The molecule has 0 saturated carbocycles. The molecule has 2 N–H and O–H groups in total. The standard InChI is InChI=1S/C11H21N3O2/c1-9(2)8-13-10(15)11(16)14-6-3-4-12-5-7-14/h9,12H,3-8H2,1-2H3,(H,13,15). The Kier molecular flexibility index (Phi) is 5.25. The highest BCUT2D eigenvalue weighted by Crippen LogP contribution is 1.97. The second kappa shape index (κ2) is 6.48. The minimum absolute atomic E-state index is 0.363. The molecule has 1 aliphatic heterocycles. The highest BCUT2D eigenvalue weighted by Gasteiger charge is 2.21. The number of nitrogens with one attached hydrogen (secondary N) is 2. The summed E-state index contributed by atoms with van der Waals surface area (Å²) in [6, 6.07) is 0. The molecule has 92 valence electrons. The number of nitrogens with zero attached hydrogens (tertiary/aromatic N) is 1. The molecule has 16 heavy (non-hydrogen) atoms. The van der Waals surface area contributed by atoms with Gasteiger partial charge in [0.15, 0.2) is 0 Å². The van der Waals surface area contributed by atoms with E-state index in [4.69, 9.17) is 0 Å². The molecule has 1 rings (SSSR count). The van der Waals surface area contributed by atoms with Crippen molar-refractivity contribution in [2.45, 2.75) is 20.3 Å². The normalized spacial score (nSPS) is 17.1. The van der Waals surface area contributed by atoms with Gasteiger partial charge in [0.05, 0.1) is 0 Å². The molecule has 1 heterocycles. The molecule has 0 bridgehead atoms. The number of hydrogen-bond donors (Lipinski definition) is 2. The van der Waals surface area contributed by atoms with Crippen molar-refractivity contribution < 1.29 is 9.59 Å². The number of carbonyl (C=O) groups excluding carboxylic acids is 2. The van der Waals surface area contributed by atoms with Crippen molar-refractivity contribution >= 4 is 11.8 Å². The first-order valence-corrected chi connectivity index (χ1v) is 5.89. The van der Waals surface area contributed by atoms with Crippen LogP contribution in [0.1, 0.15) is 20.3 Å². The average Bonchev–Trinajstić information content (AvgIpc) is 2.53. The zero-order chi connectivity index (χ0) is 12.0. The van der Waals surface area contributed by atoms with Crippen LogP contribution in [0, 0.1) is 5.92 Å². The number of carbonyl (C=O) groups is 2. The Morgan fingerprint density at radius 2 is 2.06 bits per heavy atom. The molecule has 0 aromatic carbocycles. The van der Waals surface area contributed by atoms with Crippen molar-refractivity contribution in [3.63, 3.8) is 0 Å². The summed E-state index contributed by atoms with van der Waals surface area (Å²) >= 11 is 0. The maximum Gasteiger partial charge on any atom is 0.311 e. The molecule has 1 fully saturated rings. The summed E-state index contributed by atoms with van der Waals surface area (Å²) in [7, 11) is 0. The molecule has 0 aromatic rings. The fourth-order valence-electron chi connectivity index (χ4n) is 1.56. The van der Waals surface area contributed by atoms with Gasteiger partial charge in [-0.3, -0.25) is 9.59 Å². The fraction of sp³-hybridized carbons (Fsp3) is 0.818. The second-order valence-corrected chi connectivity index (χ2v) is 4.50. The van der Waals surface area contributed by atoms with E-state index in [0.29, 0.717) is 25.6 Å². The first-order chi connectivity index (χ1) is 7.61. The summed E-state index contributed by atoms with van der Waals surface area (Å²) < 4.78 is 0.